The van der Waals surface area contributed by atoms with Crippen LogP contribution in [-0.2, 0) is 14.4 Å². The fourth-order valence-corrected chi connectivity index (χ4v) is 2.99. The molecule has 1 N–H and O–H groups in total. The van der Waals surface area contributed by atoms with Gasteiger partial charge in [-0.25, -0.2) is 4.39 Å². The molecule has 1 atom stereocenters. The lowest BCUT2D eigenvalue weighted by atomic mass is 9.96. The molecule has 134 valence electrons. The zero-order chi connectivity index (χ0) is 18.6. The third-order valence-electron chi connectivity index (χ3n) is 4.16. The predicted octanol–water partition coefficient (Wildman–Crippen LogP) is 1.42. The van der Waals surface area contributed by atoms with Gasteiger partial charge in [-0.15, -0.1) is 0 Å². The van der Waals surface area contributed by atoms with Gasteiger partial charge in [-0.1, -0.05) is 24.6 Å². The molecule has 0 saturated heterocycles. The second-order valence-electron chi connectivity index (χ2n) is 5.92. The molecule has 0 spiro atoms. The third kappa shape index (κ3) is 4.04. The van der Waals surface area contributed by atoms with E-state index in [4.69, 9.17) is 0 Å². The van der Waals surface area contributed by atoms with E-state index in [1.54, 1.807) is 6.07 Å². The molecule has 7 heteroatoms. The number of carboxylic acids is 1. The standard InChI is InChI=1S/C18H20FNO5/c1-11(21)15-16(12-7-4-5-8-13(12)19)20(18(25)17(15)24)10-6-2-3-9-14(22)23/h4-5,7-8,16,24H,2-3,6,9-10H2,1H3,(H,22,23)/p-1/t16-/m0/s1. The summed E-state index contributed by atoms with van der Waals surface area (Å²) in [6.45, 7) is 1.39. The number of halogens is 1. The zero-order valence-electron chi connectivity index (χ0n) is 13.8. The van der Waals surface area contributed by atoms with Gasteiger partial charge in [0.1, 0.15) is 5.82 Å². The van der Waals surface area contributed by atoms with Gasteiger partial charge in [-0.05, 0) is 32.3 Å². The molecule has 1 amide bonds. The minimum absolute atomic E-state index is 0.0765. The number of carbonyl (C=O) groups is 3. The Morgan fingerprint density at radius 1 is 1.24 bits per heavy atom. The molecule has 1 aliphatic rings. The van der Waals surface area contributed by atoms with Crippen molar-refractivity contribution in [2.75, 3.05) is 6.54 Å². The van der Waals surface area contributed by atoms with Crippen LogP contribution >= 0.6 is 0 Å². The van der Waals surface area contributed by atoms with Crippen LogP contribution in [0.5, 0.6) is 0 Å². The van der Waals surface area contributed by atoms with Crippen LogP contribution in [0.25, 0.3) is 0 Å². The first-order valence-corrected chi connectivity index (χ1v) is 8.04. The minimum atomic E-state index is -1.14. The largest absolute Gasteiger partial charge is 0.550 e. The number of carbonyl (C=O) groups excluding carboxylic acids is 3. The second-order valence-corrected chi connectivity index (χ2v) is 5.92. The highest BCUT2D eigenvalue weighted by Crippen LogP contribution is 2.38. The van der Waals surface area contributed by atoms with Crippen molar-refractivity contribution in [1.82, 2.24) is 4.90 Å². The summed E-state index contributed by atoms with van der Waals surface area (Å²) in [7, 11) is 0. The Balaban J connectivity index is 2.22. The van der Waals surface area contributed by atoms with Crippen molar-refractivity contribution in [2.45, 2.75) is 38.6 Å². The predicted molar refractivity (Wildman–Crippen MR) is 84.7 cm³/mol. The lowest BCUT2D eigenvalue weighted by molar-refractivity contribution is -0.305. The molecule has 0 radical (unpaired) electrons. The number of carboxylic acid groups (broad SMARTS) is 1. The van der Waals surface area contributed by atoms with E-state index >= 15 is 0 Å². The molecule has 0 aromatic heterocycles. The van der Waals surface area contributed by atoms with Gasteiger partial charge >= 0.3 is 0 Å². The summed E-state index contributed by atoms with van der Waals surface area (Å²) in [5, 5.41) is 20.5. The van der Waals surface area contributed by atoms with Crippen molar-refractivity contribution in [1.29, 1.82) is 0 Å². The Labute approximate surface area is 144 Å². The van der Waals surface area contributed by atoms with Gasteiger partial charge < -0.3 is 19.9 Å². The highest BCUT2D eigenvalue weighted by Gasteiger charge is 2.42. The number of amides is 1. The van der Waals surface area contributed by atoms with Gasteiger partial charge in [0, 0.05) is 18.1 Å². The number of hydrogen-bond acceptors (Lipinski definition) is 5. The van der Waals surface area contributed by atoms with Gasteiger partial charge in [0.2, 0.25) is 0 Å². The fourth-order valence-electron chi connectivity index (χ4n) is 2.99. The van der Waals surface area contributed by atoms with E-state index in [0.29, 0.717) is 19.3 Å². The Bertz CT molecular complexity index is 728. The maximum Gasteiger partial charge on any atom is 0.290 e. The average Bonchev–Trinajstić information content (AvgIpc) is 2.79. The molecule has 0 unspecified atom stereocenters. The quantitative estimate of drug-likeness (QED) is 0.717. The molecule has 0 bridgehead atoms. The summed E-state index contributed by atoms with van der Waals surface area (Å²) >= 11 is 0. The molecule has 1 aromatic rings. The number of benzene rings is 1. The number of aliphatic hydroxyl groups is 1. The zero-order valence-corrected chi connectivity index (χ0v) is 13.8. The molecule has 1 aliphatic heterocycles. The molecule has 6 nitrogen and oxygen atoms in total. The third-order valence-corrected chi connectivity index (χ3v) is 4.16. The number of aliphatic hydroxyl groups excluding tert-OH is 1. The first kappa shape index (κ1) is 18.6. The van der Waals surface area contributed by atoms with Crippen LogP contribution in [0.4, 0.5) is 4.39 Å². The molecular weight excluding hydrogens is 329 g/mol. The molecule has 0 saturated carbocycles. The lowest BCUT2D eigenvalue weighted by Crippen LogP contribution is -2.32. The van der Waals surface area contributed by atoms with Gasteiger partial charge in [-0.3, -0.25) is 9.59 Å². The van der Waals surface area contributed by atoms with Crippen LogP contribution in [0.3, 0.4) is 0 Å². The highest BCUT2D eigenvalue weighted by molar-refractivity contribution is 6.08. The number of unbranched alkanes of at least 4 members (excludes halogenated alkanes) is 2. The minimum Gasteiger partial charge on any atom is -0.550 e. The summed E-state index contributed by atoms with van der Waals surface area (Å²) < 4.78 is 14.2. The average molecular weight is 348 g/mol. The van der Waals surface area contributed by atoms with E-state index in [1.807, 2.05) is 0 Å². The van der Waals surface area contributed by atoms with Crippen LogP contribution in [0.15, 0.2) is 35.6 Å². The smallest absolute Gasteiger partial charge is 0.290 e. The summed E-state index contributed by atoms with van der Waals surface area (Å²) in [6, 6.07) is 4.81. The molecular formula is C18H19FNO5-. The monoisotopic (exact) mass is 348 g/mol. The van der Waals surface area contributed by atoms with Gasteiger partial charge in [0.25, 0.3) is 5.91 Å². The van der Waals surface area contributed by atoms with Crippen LogP contribution < -0.4 is 5.11 Å². The van der Waals surface area contributed by atoms with E-state index in [0.717, 1.165) is 0 Å². The summed E-state index contributed by atoms with van der Waals surface area (Å²) in [6.07, 6.45) is 1.31. The molecule has 25 heavy (non-hydrogen) atoms. The van der Waals surface area contributed by atoms with E-state index in [1.165, 1.54) is 30.0 Å². The van der Waals surface area contributed by atoms with Crippen molar-refractivity contribution >= 4 is 17.7 Å². The Morgan fingerprint density at radius 3 is 2.52 bits per heavy atom. The van der Waals surface area contributed by atoms with Crippen molar-refractivity contribution in [3.8, 4) is 0 Å². The number of aliphatic carboxylic acids is 1. The van der Waals surface area contributed by atoms with Crippen LogP contribution in [-0.4, -0.2) is 34.2 Å². The summed E-state index contributed by atoms with van der Waals surface area (Å²) in [4.78, 5) is 35.9. The van der Waals surface area contributed by atoms with Crippen molar-refractivity contribution in [3.63, 3.8) is 0 Å². The number of Topliss-reactive ketones (excluding diaryl/α,β-unsaturated/α-hetero) is 1. The van der Waals surface area contributed by atoms with Crippen LogP contribution in [0, 0.1) is 5.82 Å². The Morgan fingerprint density at radius 2 is 1.92 bits per heavy atom. The van der Waals surface area contributed by atoms with E-state index < -0.39 is 35.3 Å². The molecule has 2 rings (SSSR count). The maximum absolute atomic E-state index is 14.2. The van der Waals surface area contributed by atoms with Crippen molar-refractivity contribution in [2.24, 2.45) is 0 Å². The number of hydrogen-bond donors (Lipinski definition) is 1. The Kier molecular flexibility index (Phi) is 5.90. The molecule has 0 aliphatic carbocycles. The van der Waals surface area contributed by atoms with Crippen LogP contribution in [0.2, 0.25) is 0 Å². The van der Waals surface area contributed by atoms with Crippen molar-refractivity contribution in [3.05, 3.63) is 47.0 Å². The number of nitrogens with zero attached hydrogens (tertiary/aromatic N) is 1. The summed E-state index contributed by atoms with van der Waals surface area (Å²) in [5.74, 6) is -3.59. The normalized spacial score (nSPS) is 17.3. The lowest BCUT2D eigenvalue weighted by Gasteiger charge is -2.27. The Hall–Kier alpha value is -2.70. The number of rotatable bonds is 8. The van der Waals surface area contributed by atoms with E-state index in [9.17, 15) is 29.0 Å². The number of ketones is 1. The van der Waals surface area contributed by atoms with Gasteiger partial charge in [0.05, 0.1) is 11.6 Å². The second kappa shape index (κ2) is 7.92. The van der Waals surface area contributed by atoms with E-state index in [2.05, 4.69) is 0 Å². The van der Waals surface area contributed by atoms with Crippen LogP contribution in [0.1, 0.15) is 44.2 Å². The molecule has 1 heterocycles. The summed E-state index contributed by atoms with van der Waals surface area (Å²) in [5.41, 5.74) is 0.0182. The van der Waals surface area contributed by atoms with Gasteiger partial charge in [0.15, 0.2) is 11.5 Å². The first-order valence-electron chi connectivity index (χ1n) is 8.04. The highest BCUT2D eigenvalue weighted by atomic mass is 19.1. The van der Waals surface area contributed by atoms with Gasteiger partial charge in [-0.2, -0.15) is 0 Å². The maximum atomic E-state index is 14.2. The van der Waals surface area contributed by atoms with E-state index in [-0.39, 0.29) is 24.1 Å². The topological polar surface area (TPSA) is 97.7 Å². The first-order chi connectivity index (χ1) is 11.8. The molecule has 1 aromatic carbocycles. The van der Waals surface area contributed by atoms with Crippen molar-refractivity contribution < 1.29 is 29.0 Å². The molecule has 0 fully saturated rings. The SMILES string of the molecule is CC(=O)C1=C(O)C(=O)N(CCCCCC(=O)[O-])[C@H]1c1ccccc1F. The fraction of sp³-hybridized carbons (Fsp3) is 0.389.